The number of aromatic nitrogens is 2. The summed E-state index contributed by atoms with van der Waals surface area (Å²) in [6, 6.07) is 0.318. The van der Waals surface area contributed by atoms with Gasteiger partial charge < -0.3 is 15.4 Å². The van der Waals surface area contributed by atoms with Gasteiger partial charge in [-0.1, -0.05) is 11.6 Å². The Labute approximate surface area is 102 Å². The van der Waals surface area contributed by atoms with Crippen molar-refractivity contribution in [2.24, 2.45) is 0 Å². The molecule has 0 aliphatic heterocycles. The van der Waals surface area contributed by atoms with E-state index in [1.165, 1.54) is 10.9 Å². The number of carbonyl (C=O) groups excluding carboxylic acids is 1. The molecule has 0 saturated heterocycles. The second-order valence-corrected chi connectivity index (χ2v) is 4.32. The lowest BCUT2D eigenvalue weighted by Crippen LogP contribution is -2.26. The van der Waals surface area contributed by atoms with Gasteiger partial charge >= 0.3 is 5.82 Å². The quantitative estimate of drug-likeness (QED) is 0.633. The predicted molar refractivity (Wildman–Crippen MR) is 59.7 cm³/mol. The van der Waals surface area contributed by atoms with Gasteiger partial charge in [-0.05, 0) is 17.8 Å². The third-order valence-electron chi connectivity index (χ3n) is 2.38. The van der Waals surface area contributed by atoms with E-state index in [-0.39, 0.29) is 29.7 Å². The number of halogens is 1. The summed E-state index contributed by atoms with van der Waals surface area (Å²) in [6.45, 7) is 0.284. The largest absolute Gasteiger partial charge is 0.408 e. The number of nitro groups is 1. The lowest BCUT2D eigenvalue weighted by molar-refractivity contribution is -0.389. The molecule has 0 bridgehead atoms. The Morgan fingerprint density at radius 2 is 2.41 bits per heavy atom. The van der Waals surface area contributed by atoms with E-state index in [0.717, 1.165) is 12.8 Å². The van der Waals surface area contributed by atoms with Gasteiger partial charge in [0.15, 0.2) is 5.02 Å². The normalized spacial score (nSPS) is 14.6. The molecule has 0 aromatic carbocycles. The second-order valence-electron chi connectivity index (χ2n) is 3.91. The molecule has 1 fully saturated rings. The lowest BCUT2D eigenvalue weighted by atomic mass is 10.4. The second kappa shape index (κ2) is 4.70. The molecule has 1 N–H and O–H groups in total. The van der Waals surface area contributed by atoms with Gasteiger partial charge in [-0.3, -0.25) is 4.79 Å². The number of hydrogen-bond donors (Lipinski definition) is 1. The van der Waals surface area contributed by atoms with Gasteiger partial charge in [-0.15, -0.1) is 0 Å². The van der Waals surface area contributed by atoms with Crippen LogP contribution in [0.1, 0.15) is 19.3 Å². The summed E-state index contributed by atoms with van der Waals surface area (Å²) in [5.41, 5.74) is 0. The molecule has 7 nitrogen and oxygen atoms in total. The maximum atomic E-state index is 11.4. The van der Waals surface area contributed by atoms with Crippen molar-refractivity contribution < 1.29 is 9.72 Å². The van der Waals surface area contributed by atoms with E-state index in [4.69, 9.17) is 11.6 Å². The first-order valence-corrected chi connectivity index (χ1v) is 5.61. The Balaban J connectivity index is 1.87. The van der Waals surface area contributed by atoms with Crippen LogP contribution >= 0.6 is 11.6 Å². The van der Waals surface area contributed by atoms with Crippen molar-refractivity contribution in [3.8, 4) is 0 Å². The van der Waals surface area contributed by atoms with Crippen LogP contribution in [0, 0.1) is 10.1 Å². The molecule has 1 heterocycles. The van der Waals surface area contributed by atoms with E-state index in [0.29, 0.717) is 6.04 Å². The Bertz CT molecular complexity index is 455. The van der Waals surface area contributed by atoms with Gasteiger partial charge in [-0.2, -0.15) is 4.68 Å². The zero-order chi connectivity index (χ0) is 12.4. The highest BCUT2D eigenvalue weighted by atomic mass is 35.5. The average Bonchev–Trinajstić information content (AvgIpc) is 2.97. The Morgan fingerprint density at radius 1 is 1.71 bits per heavy atom. The van der Waals surface area contributed by atoms with Crippen molar-refractivity contribution >= 4 is 23.3 Å². The van der Waals surface area contributed by atoms with Gasteiger partial charge in [0, 0.05) is 12.5 Å². The lowest BCUT2D eigenvalue weighted by Gasteiger charge is -2.00. The molecule has 1 aliphatic rings. The summed E-state index contributed by atoms with van der Waals surface area (Å²) >= 11 is 5.62. The van der Waals surface area contributed by atoms with Crippen LogP contribution in [-0.4, -0.2) is 26.7 Å². The zero-order valence-electron chi connectivity index (χ0n) is 8.93. The summed E-state index contributed by atoms with van der Waals surface area (Å²) in [6.07, 6.45) is 3.66. The van der Waals surface area contributed by atoms with Crippen molar-refractivity contribution in [2.45, 2.75) is 31.8 Å². The van der Waals surface area contributed by atoms with E-state index >= 15 is 0 Å². The van der Waals surface area contributed by atoms with Crippen LogP contribution in [0.2, 0.25) is 5.02 Å². The molecule has 1 aliphatic carbocycles. The number of hydrogen-bond acceptors (Lipinski definition) is 4. The molecule has 92 valence electrons. The van der Waals surface area contributed by atoms with E-state index in [2.05, 4.69) is 10.4 Å². The Morgan fingerprint density at radius 3 is 2.94 bits per heavy atom. The summed E-state index contributed by atoms with van der Waals surface area (Å²) in [5, 5.41) is 17.0. The molecular weight excluding hydrogens is 248 g/mol. The summed E-state index contributed by atoms with van der Waals surface area (Å²) in [4.78, 5) is 21.2. The fourth-order valence-corrected chi connectivity index (χ4v) is 1.59. The van der Waals surface area contributed by atoms with Crippen LogP contribution in [0.3, 0.4) is 0 Å². The van der Waals surface area contributed by atoms with Crippen LogP contribution in [0.5, 0.6) is 0 Å². The van der Waals surface area contributed by atoms with Crippen LogP contribution in [0.15, 0.2) is 6.20 Å². The zero-order valence-corrected chi connectivity index (χ0v) is 9.68. The maximum absolute atomic E-state index is 11.4. The number of nitrogens with one attached hydrogen (secondary N) is 1. The standard InChI is InChI=1S/C9H11ClN4O3/c10-7-5-13(12-9(7)14(16)17)4-3-8(15)11-6-1-2-6/h5-6H,1-4H2,(H,11,15). The molecule has 0 radical (unpaired) electrons. The number of aryl methyl sites for hydroxylation is 1. The fourth-order valence-electron chi connectivity index (χ4n) is 1.37. The minimum absolute atomic E-state index is 0.0161. The van der Waals surface area contributed by atoms with Crippen molar-refractivity contribution in [1.82, 2.24) is 15.1 Å². The summed E-state index contributed by atoms with van der Waals surface area (Å²) in [5.74, 6) is -0.448. The number of nitrogens with zero attached hydrogens (tertiary/aromatic N) is 3. The highest BCUT2D eigenvalue weighted by Crippen LogP contribution is 2.21. The third kappa shape index (κ3) is 3.16. The highest BCUT2D eigenvalue weighted by molar-refractivity contribution is 6.32. The highest BCUT2D eigenvalue weighted by Gasteiger charge is 2.23. The molecule has 1 amide bonds. The van der Waals surface area contributed by atoms with Gasteiger partial charge in [0.1, 0.15) is 0 Å². The first-order valence-electron chi connectivity index (χ1n) is 5.23. The fraction of sp³-hybridized carbons (Fsp3) is 0.556. The van der Waals surface area contributed by atoms with Gasteiger partial charge in [0.25, 0.3) is 0 Å². The predicted octanol–water partition coefficient (Wildman–Crippen LogP) is 1.11. The maximum Gasteiger partial charge on any atom is 0.408 e. The molecule has 1 aromatic rings. The number of carbonyl (C=O) groups is 1. The van der Waals surface area contributed by atoms with Gasteiger partial charge in [0.05, 0.1) is 17.8 Å². The van der Waals surface area contributed by atoms with Crippen molar-refractivity contribution in [2.75, 3.05) is 0 Å². The van der Waals surface area contributed by atoms with E-state index in [9.17, 15) is 14.9 Å². The smallest absolute Gasteiger partial charge is 0.358 e. The first-order chi connectivity index (χ1) is 8.06. The molecule has 17 heavy (non-hydrogen) atoms. The summed E-state index contributed by atoms with van der Waals surface area (Å²) in [7, 11) is 0. The molecule has 0 spiro atoms. The van der Waals surface area contributed by atoms with E-state index in [1.54, 1.807) is 0 Å². The van der Waals surface area contributed by atoms with E-state index < -0.39 is 4.92 Å². The SMILES string of the molecule is O=C(CCn1cc(Cl)c([N+](=O)[O-])n1)NC1CC1. The van der Waals surface area contributed by atoms with Crippen LogP contribution in [-0.2, 0) is 11.3 Å². The topological polar surface area (TPSA) is 90.1 Å². The molecule has 0 atom stereocenters. The van der Waals surface area contributed by atoms with Crippen molar-refractivity contribution in [1.29, 1.82) is 0 Å². The number of amides is 1. The molecule has 8 heteroatoms. The minimum Gasteiger partial charge on any atom is -0.358 e. The number of rotatable bonds is 5. The van der Waals surface area contributed by atoms with Crippen LogP contribution in [0.4, 0.5) is 5.82 Å². The molecule has 2 rings (SSSR count). The molecule has 1 saturated carbocycles. The van der Waals surface area contributed by atoms with Crippen LogP contribution in [0.25, 0.3) is 0 Å². The van der Waals surface area contributed by atoms with E-state index in [1.807, 2.05) is 0 Å². The van der Waals surface area contributed by atoms with Gasteiger partial charge in [-0.25, -0.2) is 0 Å². The Kier molecular flexibility index (Phi) is 3.28. The van der Waals surface area contributed by atoms with Crippen molar-refractivity contribution in [3.63, 3.8) is 0 Å². The first kappa shape index (κ1) is 11.8. The van der Waals surface area contributed by atoms with Gasteiger partial charge in [0.2, 0.25) is 5.91 Å². The average molecular weight is 259 g/mol. The molecular formula is C9H11ClN4O3. The molecule has 1 aromatic heterocycles. The van der Waals surface area contributed by atoms with Crippen molar-refractivity contribution in [3.05, 3.63) is 21.3 Å². The molecule has 0 unspecified atom stereocenters. The monoisotopic (exact) mass is 258 g/mol. The summed E-state index contributed by atoms with van der Waals surface area (Å²) < 4.78 is 1.31. The van der Waals surface area contributed by atoms with Crippen LogP contribution < -0.4 is 5.32 Å². The third-order valence-corrected chi connectivity index (χ3v) is 2.65. The Hall–Kier alpha value is -1.63. The minimum atomic E-state index is -0.650.